The average Bonchev–Trinajstić information content (AvgIpc) is 2.75. The topological polar surface area (TPSA) is 74.0 Å². The summed E-state index contributed by atoms with van der Waals surface area (Å²) in [6.07, 6.45) is 2.19. The SMILES string of the molecule is C/C=N\N(/C1=C(\N)c2ccccc2N(C(=O)CCNC(C)(C)C)Cc2ccccc21)C(C)(C)C. The quantitative estimate of drug-likeness (QED) is 0.474. The van der Waals surface area contributed by atoms with Crippen LogP contribution < -0.4 is 16.0 Å². The van der Waals surface area contributed by atoms with Gasteiger partial charge in [0.2, 0.25) is 5.91 Å². The van der Waals surface area contributed by atoms with Gasteiger partial charge in [-0.25, -0.2) is 0 Å². The fraction of sp³-hybridized carbons (Fsp3) is 0.429. The van der Waals surface area contributed by atoms with Crippen LogP contribution in [0.5, 0.6) is 0 Å². The van der Waals surface area contributed by atoms with Crippen molar-refractivity contribution >= 4 is 29.2 Å². The van der Waals surface area contributed by atoms with Crippen molar-refractivity contribution in [1.29, 1.82) is 0 Å². The summed E-state index contributed by atoms with van der Waals surface area (Å²) in [5.41, 5.74) is 11.7. The van der Waals surface area contributed by atoms with E-state index in [0.717, 1.165) is 28.1 Å². The molecule has 0 radical (unpaired) electrons. The lowest BCUT2D eigenvalue weighted by Crippen LogP contribution is -2.41. The molecule has 0 spiro atoms. The van der Waals surface area contributed by atoms with Gasteiger partial charge in [0.05, 0.1) is 29.2 Å². The van der Waals surface area contributed by atoms with E-state index in [1.165, 1.54) is 0 Å². The number of amides is 1. The molecule has 34 heavy (non-hydrogen) atoms. The number of nitrogens with one attached hydrogen (secondary N) is 1. The van der Waals surface area contributed by atoms with Crippen LogP contribution in [0.2, 0.25) is 0 Å². The molecule has 1 heterocycles. The summed E-state index contributed by atoms with van der Waals surface area (Å²) in [5, 5.41) is 10.1. The maximum absolute atomic E-state index is 13.5. The molecule has 1 aliphatic rings. The summed E-state index contributed by atoms with van der Waals surface area (Å²) >= 11 is 0. The Morgan fingerprint density at radius 1 is 1.06 bits per heavy atom. The molecule has 2 aromatic rings. The Hall–Kier alpha value is -3.12. The molecule has 0 bridgehead atoms. The fourth-order valence-electron chi connectivity index (χ4n) is 4.17. The lowest BCUT2D eigenvalue weighted by molar-refractivity contribution is -0.118. The second-order valence-corrected chi connectivity index (χ2v) is 10.7. The minimum Gasteiger partial charge on any atom is -0.396 e. The van der Waals surface area contributed by atoms with Gasteiger partial charge in [0.25, 0.3) is 0 Å². The standard InChI is InChI=1S/C28H39N5O/c1-8-31-33(28(5,6)7)26-21-14-10-9-13-20(21)19-32(24(34)17-18-30-27(2,3)4)23-16-12-11-15-22(23)25(26)29/h8-16,30H,17-19,29H2,1-7H3/b26-25-,31-8-. The third-order valence-electron chi connectivity index (χ3n) is 5.71. The number of benzene rings is 2. The van der Waals surface area contributed by atoms with Crippen LogP contribution >= 0.6 is 0 Å². The van der Waals surface area contributed by atoms with Crippen LogP contribution in [0.15, 0.2) is 53.6 Å². The number of nitrogens with two attached hydrogens (primary N) is 1. The summed E-state index contributed by atoms with van der Waals surface area (Å²) in [6.45, 7) is 15.6. The van der Waals surface area contributed by atoms with Crippen molar-refractivity contribution in [3.63, 3.8) is 0 Å². The first-order valence-electron chi connectivity index (χ1n) is 12.0. The zero-order valence-electron chi connectivity index (χ0n) is 21.6. The van der Waals surface area contributed by atoms with Gasteiger partial charge in [-0.1, -0.05) is 42.5 Å². The highest BCUT2D eigenvalue weighted by atomic mass is 16.2. The van der Waals surface area contributed by atoms with Gasteiger partial charge in [0.15, 0.2) is 0 Å². The minimum absolute atomic E-state index is 0.0423. The van der Waals surface area contributed by atoms with Gasteiger partial charge in [0, 0.05) is 35.8 Å². The molecule has 0 aromatic heterocycles. The number of nitrogens with zero attached hydrogens (tertiary/aromatic N) is 3. The number of hydrogen-bond acceptors (Lipinski definition) is 5. The van der Waals surface area contributed by atoms with Gasteiger partial charge in [-0.3, -0.25) is 9.80 Å². The van der Waals surface area contributed by atoms with E-state index in [1.807, 2.05) is 53.2 Å². The maximum atomic E-state index is 13.5. The monoisotopic (exact) mass is 461 g/mol. The highest BCUT2D eigenvalue weighted by Crippen LogP contribution is 2.39. The van der Waals surface area contributed by atoms with E-state index in [2.05, 4.69) is 59.0 Å². The molecule has 2 aromatic carbocycles. The van der Waals surface area contributed by atoms with Crippen molar-refractivity contribution in [1.82, 2.24) is 10.3 Å². The molecule has 3 rings (SSSR count). The van der Waals surface area contributed by atoms with E-state index in [0.29, 0.717) is 25.2 Å². The predicted molar refractivity (Wildman–Crippen MR) is 143 cm³/mol. The zero-order chi connectivity index (χ0) is 25.1. The summed E-state index contributed by atoms with van der Waals surface area (Å²) in [6, 6.07) is 16.0. The van der Waals surface area contributed by atoms with Crippen LogP contribution in [0.1, 0.15) is 71.6 Å². The summed E-state index contributed by atoms with van der Waals surface area (Å²) < 4.78 is 0. The molecule has 0 unspecified atom stereocenters. The molecule has 3 N–H and O–H groups in total. The molecule has 6 heteroatoms. The van der Waals surface area contributed by atoms with Gasteiger partial charge in [-0.15, -0.1) is 0 Å². The zero-order valence-corrected chi connectivity index (χ0v) is 21.6. The number of para-hydroxylation sites is 1. The first kappa shape index (κ1) is 25.5. The van der Waals surface area contributed by atoms with E-state index in [1.54, 1.807) is 6.21 Å². The van der Waals surface area contributed by atoms with Crippen molar-refractivity contribution in [2.45, 2.75) is 72.5 Å². The Labute approximate surface area is 204 Å². The van der Waals surface area contributed by atoms with E-state index in [9.17, 15) is 4.79 Å². The number of rotatable bonds is 5. The van der Waals surface area contributed by atoms with Gasteiger partial charge >= 0.3 is 0 Å². The Bertz CT molecular complexity index is 1090. The van der Waals surface area contributed by atoms with Crippen LogP contribution in [0.4, 0.5) is 5.69 Å². The summed E-state index contributed by atoms with van der Waals surface area (Å²) in [7, 11) is 0. The first-order valence-corrected chi connectivity index (χ1v) is 12.0. The first-order chi connectivity index (χ1) is 15.9. The number of carbonyl (C=O) groups excluding carboxylic acids is 1. The molecule has 0 fully saturated rings. The third kappa shape index (κ3) is 5.68. The number of anilines is 1. The molecule has 0 saturated heterocycles. The van der Waals surface area contributed by atoms with E-state index in [4.69, 9.17) is 10.8 Å². The molecule has 6 nitrogen and oxygen atoms in total. The van der Waals surface area contributed by atoms with Crippen molar-refractivity contribution in [3.05, 3.63) is 65.2 Å². The molecule has 182 valence electrons. The Morgan fingerprint density at radius 2 is 1.68 bits per heavy atom. The predicted octanol–water partition coefficient (Wildman–Crippen LogP) is 5.20. The molecular formula is C28H39N5O. The molecule has 1 aliphatic heterocycles. The van der Waals surface area contributed by atoms with E-state index < -0.39 is 0 Å². The van der Waals surface area contributed by atoms with Gasteiger partial charge < -0.3 is 16.0 Å². The number of hydrazone groups is 1. The van der Waals surface area contributed by atoms with Gasteiger partial charge in [-0.2, -0.15) is 5.10 Å². The minimum atomic E-state index is -0.304. The maximum Gasteiger partial charge on any atom is 0.228 e. The number of carbonyl (C=O) groups is 1. The molecule has 0 atom stereocenters. The normalized spacial score (nSPS) is 16.6. The van der Waals surface area contributed by atoms with Crippen LogP contribution in [0.3, 0.4) is 0 Å². The molecule has 0 saturated carbocycles. The Balaban J connectivity index is 2.19. The van der Waals surface area contributed by atoms with Crippen molar-refractivity contribution < 1.29 is 4.79 Å². The van der Waals surface area contributed by atoms with E-state index >= 15 is 0 Å². The Kier molecular flexibility index (Phi) is 7.51. The van der Waals surface area contributed by atoms with Gasteiger partial charge in [0.1, 0.15) is 0 Å². The Morgan fingerprint density at radius 3 is 2.29 bits per heavy atom. The lowest BCUT2D eigenvalue weighted by atomic mass is 9.93. The molecular weight excluding hydrogens is 422 g/mol. The van der Waals surface area contributed by atoms with Crippen molar-refractivity contribution in [3.8, 4) is 0 Å². The van der Waals surface area contributed by atoms with Gasteiger partial charge in [-0.05, 0) is 60.1 Å². The average molecular weight is 462 g/mol. The second-order valence-electron chi connectivity index (χ2n) is 10.7. The van der Waals surface area contributed by atoms with Crippen molar-refractivity contribution in [2.75, 3.05) is 11.4 Å². The lowest BCUT2D eigenvalue weighted by Gasteiger charge is -2.38. The summed E-state index contributed by atoms with van der Waals surface area (Å²) in [4.78, 5) is 15.4. The highest BCUT2D eigenvalue weighted by Gasteiger charge is 2.32. The molecule has 0 aliphatic carbocycles. The van der Waals surface area contributed by atoms with Crippen LogP contribution in [-0.4, -0.2) is 34.8 Å². The second kappa shape index (κ2) is 10.0. The van der Waals surface area contributed by atoms with E-state index in [-0.39, 0.29) is 17.0 Å². The van der Waals surface area contributed by atoms with Crippen LogP contribution in [-0.2, 0) is 11.3 Å². The number of fused-ring (bicyclic) bond motifs is 2. The smallest absolute Gasteiger partial charge is 0.228 e. The largest absolute Gasteiger partial charge is 0.396 e. The fourth-order valence-corrected chi connectivity index (χ4v) is 4.17. The molecule has 1 amide bonds. The van der Waals surface area contributed by atoms with Crippen LogP contribution in [0.25, 0.3) is 11.4 Å². The van der Waals surface area contributed by atoms with Crippen LogP contribution in [0, 0.1) is 0 Å². The van der Waals surface area contributed by atoms with Crippen molar-refractivity contribution in [2.24, 2.45) is 10.8 Å². The highest BCUT2D eigenvalue weighted by molar-refractivity contribution is 6.01. The number of hydrogen-bond donors (Lipinski definition) is 2. The third-order valence-corrected chi connectivity index (χ3v) is 5.71. The summed E-state index contributed by atoms with van der Waals surface area (Å²) in [5.74, 6) is 0.0644.